The highest BCUT2D eigenvalue weighted by Gasteiger charge is 2.37. The summed E-state index contributed by atoms with van der Waals surface area (Å²) >= 11 is 0. The van der Waals surface area contributed by atoms with Crippen molar-refractivity contribution in [3.63, 3.8) is 0 Å². The van der Waals surface area contributed by atoms with E-state index in [4.69, 9.17) is 76.3 Å². The van der Waals surface area contributed by atoms with Gasteiger partial charge in [-0.1, -0.05) is 0 Å². The molecular formula is C9H40O17Si6. The normalized spacial score (nSPS) is 12.6. The second-order valence-electron chi connectivity index (χ2n) is 6.58. The second kappa shape index (κ2) is 18.0. The summed E-state index contributed by atoms with van der Waals surface area (Å²) < 4.78 is 13.9. The molecular weight excluding hydrogens is 549 g/mol. The Morgan fingerprint density at radius 1 is 0.469 bits per heavy atom. The van der Waals surface area contributed by atoms with Crippen molar-refractivity contribution in [2.45, 2.75) is 39.3 Å². The van der Waals surface area contributed by atoms with Gasteiger partial charge in [0, 0.05) is 47.0 Å². The molecule has 0 atom stereocenters. The lowest BCUT2D eigenvalue weighted by Crippen LogP contribution is -2.49. The minimum absolute atomic E-state index is 0.0139. The van der Waals surface area contributed by atoms with E-state index in [1.807, 2.05) is 0 Å². The molecule has 0 radical (unpaired) electrons. The van der Waals surface area contributed by atoms with Crippen LogP contribution in [0.5, 0.6) is 0 Å². The van der Waals surface area contributed by atoms with Gasteiger partial charge in [0.15, 0.2) is 0 Å². The van der Waals surface area contributed by atoms with Crippen LogP contribution in [0.15, 0.2) is 0 Å². The lowest BCUT2D eigenvalue weighted by Gasteiger charge is -2.18. The smallest absolute Gasteiger partial charge is 0.396 e. The average Bonchev–Trinajstić information content (AvgIpc) is 2.37. The Bertz CT molecular complexity index is 352. The monoisotopic (exact) mass is 588 g/mol. The van der Waals surface area contributed by atoms with Crippen molar-refractivity contribution in [1.82, 2.24) is 0 Å². The quantitative estimate of drug-likeness (QED) is 0.133. The van der Waals surface area contributed by atoms with E-state index in [0.29, 0.717) is 0 Å². The molecule has 0 aromatic heterocycles. The van der Waals surface area contributed by atoms with E-state index in [-0.39, 0.29) is 6.23 Å². The maximum atomic E-state index is 8.60. The molecule has 0 spiro atoms. The summed E-state index contributed by atoms with van der Waals surface area (Å²) in [6, 6.07) is 0. The van der Waals surface area contributed by atoms with Crippen molar-refractivity contribution in [1.29, 1.82) is 0 Å². The second-order valence-corrected chi connectivity index (χ2v) is 20.4. The standard InChI is InChI=1S/C4H12O3Si.C2H10O5Si2.3CH6O3Si/c1-6-8(3,4-5)7-2;1-8(3,4)7-9(2,5)6;3*1-5(2,3)4/h5H,4H2,1-3H3;3-6H,1-2H3;3*2-4H,1H3. The Kier molecular flexibility index (Phi) is 24.0. The molecule has 0 bridgehead atoms. The van der Waals surface area contributed by atoms with Crippen molar-refractivity contribution in [2.75, 3.05) is 20.4 Å². The maximum Gasteiger partial charge on any atom is 0.489 e. The summed E-state index contributed by atoms with van der Waals surface area (Å²) in [7, 11) is -17.3. The Labute approximate surface area is 193 Å². The van der Waals surface area contributed by atoms with Crippen LogP contribution in [0.25, 0.3) is 0 Å². The predicted molar refractivity (Wildman–Crippen MR) is 121 cm³/mol. The SMILES string of the molecule is CO[Si](C)(CO)OC.C[Si](O)(O)O.C[Si](O)(O)O.C[Si](O)(O)O.C[Si](O)(O)O[Si](C)(O)O. The lowest BCUT2D eigenvalue weighted by molar-refractivity contribution is 0.166. The van der Waals surface area contributed by atoms with Gasteiger partial charge in [-0.25, -0.2) is 0 Å². The molecule has 32 heavy (non-hydrogen) atoms. The summed E-state index contributed by atoms with van der Waals surface area (Å²) in [6.07, 6.45) is 0.0139. The van der Waals surface area contributed by atoms with Gasteiger partial charge in [0.1, 0.15) is 0 Å². The van der Waals surface area contributed by atoms with Crippen LogP contribution in [0.2, 0.25) is 39.3 Å². The van der Waals surface area contributed by atoms with Gasteiger partial charge in [0.05, 0.1) is 6.23 Å². The van der Waals surface area contributed by atoms with Crippen LogP contribution in [-0.4, -0.2) is 140 Å². The van der Waals surface area contributed by atoms with Gasteiger partial charge in [-0.2, -0.15) is 0 Å². The fourth-order valence-corrected chi connectivity index (χ4v) is 3.93. The number of rotatable bonds is 5. The molecule has 0 unspecified atom stereocenters. The molecule has 0 aliphatic heterocycles. The van der Waals surface area contributed by atoms with Gasteiger partial charge in [-0.3, -0.25) is 0 Å². The van der Waals surface area contributed by atoms with Gasteiger partial charge in [-0.15, -0.1) is 0 Å². The molecule has 0 heterocycles. The first kappa shape index (κ1) is 42.8. The van der Waals surface area contributed by atoms with Crippen molar-refractivity contribution >= 4 is 52.6 Å². The van der Waals surface area contributed by atoms with Crippen molar-refractivity contribution in [3.8, 4) is 0 Å². The zero-order chi connectivity index (χ0) is 27.8. The molecule has 0 rings (SSSR count). The third kappa shape index (κ3) is 110. The molecule has 17 nitrogen and oxygen atoms in total. The summed E-state index contributed by atoms with van der Waals surface area (Å²) in [6.45, 7) is 6.84. The Morgan fingerprint density at radius 3 is 0.625 bits per heavy atom. The fraction of sp³-hybridized carbons (Fsp3) is 1.00. The molecule has 0 aromatic carbocycles. The van der Waals surface area contributed by atoms with Crippen LogP contribution in [-0.2, 0) is 13.0 Å². The molecule has 0 aliphatic carbocycles. The average molecular weight is 589 g/mol. The third-order valence-electron chi connectivity index (χ3n) is 1.54. The van der Waals surface area contributed by atoms with Crippen molar-refractivity contribution < 1.29 is 80.4 Å². The Hall–Kier alpha value is 0.621. The third-order valence-corrected chi connectivity index (χ3v) is 6.93. The largest absolute Gasteiger partial charge is 0.489 e. The molecule has 0 aliphatic rings. The maximum absolute atomic E-state index is 8.60. The summed E-state index contributed by atoms with van der Waals surface area (Å²) in [5.41, 5.74) is 0. The highest BCUT2D eigenvalue weighted by Crippen LogP contribution is 2.02. The van der Waals surface area contributed by atoms with Crippen molar-refractivity contribution in [3.05, 3.63) is 0 Å². The first-order valence-corrected chi connectivity index (χ1v) is 22.4. The summed E-state index contributed by atoms with van der Waals surface area (Å²) in [5, 5.41) is 8.60. The number of hydrogen-bond donors (Lipinski definition) is 14. The van der Waals surface area contributed by atoms with Crippen LogP contribution in [0, 0.1) is 0 Å². The number of hydrogen-bond acceptors (Lipinski definition) is 17. The van der Waals surface area contributed by atoms with Gasteiger partial charge in [-0.05, 0) is 6.55 Å². The van der Waals surface area contributed by atoms with E-state index in [0.717, 1.165) is 32.7 Å². The Balaban J connectivity index is -0.0000000976. The molecule has 0 amide bonds. The predicted octanol–water partition coefficient (Wildman–Crippen LogP) is -6.41. The van der Waals surface area contributed by atoms with Crippen LogP contribution in [0.1, 0.15) is 0 Å². The lowest BCUT2D eigenvalue weighted by atomic mass is 11.7. The first-order valence-electron chi connectivity index (χ1n) is 8.21. The molecule has 23 heteroatoms. The highest BCUT2D eigenvalue weighted by molar-refractivity contribution is 6.70. The van der Waals surface area contributed by atoms with Gasteiger partial charge >= 0.3 is 52.6 Å². The van der Waals surface area contributed by atoms with E-state index < -0.39 is 52.6 Å². The minimum atomic E-state index is -3.73. The molecule has 0 aromatic rings. The summed E-state index contributed by atoms with van der Waals surface area (Å²) in [4.78, 5) is 104. The fourth-order valence-electron chi connectivity index (χ4n) is 0.579. The van der Waals surface area contributed by atoms with E-state index in [1.54, 1.807) is 20.8 Å². The van der Waals surface area contributed by atoms with Crippen LogP contribution in [0.4, 0.5) is 0 Å². The number of aliphatic hydroxyl groups excluding tert-OH is 1. The van der Waals surface area contributed by atoms with E-state index in [1.165, 1.54) is 0 Å². The van der Waals surface area contributed by atoms with E-state index >= 15 is 0 Å². The van der Waals surface area contributed by atoms with E-state index in [2.05, 4.69) is 4.12 Å². The highest BCUT2D eigenvalue weighted by atomic mass is 28.5. The molecule has 0 saturated heterocycles. The topological polar surface area (TPSA) is 311 Å². The minimum Gasteiger partial charge on any atom is -0.396 e. The van der Waals surface area contributed by atoms with Crippen molar-refractivity contribution in [2.24, 2.45) is 0 Å². The molecule has 0 saturated carbocycles. The van der Waals surface area contributed by atoms with E-state index in [9.17, 15) is 0 Å². The molecule has 202 valence electrons. The summed E-state index contributed by atoms with van der Waals surface area (Å²) in [5.74, 6) is 0. The van der Waals surface area contributed by atoms with Crippen LogP contribution >= 0.6 is 0 Å². The molecule has 0 fully saturated rings. The number of aliphatic hydroxyl groups is 1. The first-order chi connectivity index (χ1) is 13.4. The zero-order valence-corrected chi connectivity index (χ0v) is 25.2. The van der Waals surface area contributed by atoms with Crippen LogP contribution in [0.3, 0.4) is 0 Å². The van der Waals surface area contributed by atoms with Crippen LogP contribution < -0.4 is 0 Å². The molecule has 14 N–H and O–H groups in total. The van der Waals surface area contributed by atoms with Gasteiger partial charge < -0.3 is 80.4 Å². The van der Waals surface area contributed by atoms with Gasteiger partial charge in [0.2, 0.25) is 0 Å². The van der Waals surface area contributed by atoms with Gasteiger partial charge in [0.25, 0.3) is 0 Å². The Morgan fingerprint density at radius 2 is 0.625 bits per heavy atom. The zero-order valence-electron chi connectivity index (χ0n) is 19.2.